The van der Waals surface area contributed by atoms with E-state index in [2.05, 4.69) is 131 Å². The Morgan fingerprint density at radius 2 is 1.51 bits per heavy atom. The molecule has 2 aliphatic rings. The van der Waals surface area contributed by atoms with Gasteiger partial charge in [-0.2, -0.15) is 0 Å². The van der Waals surface area contributed by atoms with Gasteiger partial charge in [-0.1, -0.05) is 84.9 Å². The molecular formula is C37H27N3O. The summed E-state index contributed by atoms with van der Waals surface area (Å²) in [6, 6.07) is 36.8. The lowest BCUT2D eigenvalue weighted by Crippen LogP contribution is -2.33. The molecule has 0 N–H and O–H groups in total. The van der Waals surface area contributed by atoms with E-state index in [1.807, 2.05) is 6.07 Å². The minimum Gasteiger partial charge on any atom is -0.456 e. The van der Waals surface area contributed by atoms with Crippen LogP contribution in [0.5, 0.6) is 0 Å². The molecule has 5 aromatic carbocycles. The topological polar surface area (TPSA) is 34.2 Å². The van der Waals surface area contributed by atoms with Crippen molar-refractivity contribution in [1.29, 1.82) is 0 Å². The number of para-hydroxylation sites is 3. The Balaban J connectivity index is 1.12. The fourth-order valence-electron chi connectivity index (χ4n) is 7.00. The Bertz CT molecular complexity index is 2180. The van der Waals surface area contributed by atoms with Gasteiger partial charge in [0.05, 0.1) is 23.1 Å². The second-order valence-electron chi connectivity index (χ2n) is 11.1. The summed E-state index contributed by atoms with van der Waals surface area (Å²) in [6.07, 6.45) is 11.4. The molecule has 9 rings (SSSR count). The molecule has 0 radical (unpaired) electrons. The monoisotopic (exact) mass is 529 g/mol. The first-order valence-electron chi connectivity index (χ1n) is 14.4. The summed E-state index contributed by atoms with van der Waals surface area (Å²) >= 11 is 0. The maximum Gasteiger partial charge on any atom is 0.141 e. The predicted molar refractivity (Wildman–Crippen MR) is 169 cm³/mol. The third-order valence-corrected chi connectivity index (χ3v) is 8.83. The van der Waals surface area contributed by atoms with Crippen LogP contribution in [0.1, 0.15) is 24.4 Å². The van der Waals surface area contributed by atoms with Crippen molar-refractivity contribution in [2.75, 3.05) is 4.90 Å². The molecule has 4 heteroatoms. The van der Waals surface area contributed by atoms with Gasteiger partial charge in [0, 0.05) is 33.6 Å². The molecule has 0 fully saturated rings. The number of anilines is 1. The summed E-state index contributed by atoms with van der Waals surface area (Å²) in [5.74, 6) is 1.04. The summed E-state index contributed by atoms with van der Waals surface area (Å²) in [5.41, 5.74) is 7.79. The van der Waals surface area contributed by atoms with Crippen molar-refractivity contribution in [3.8, 4) is 11.4 Å². The molecule has 4 nitrogen and oxygen atoms in total. The van der Waals surface area contributed by atoms with Gasteiger partial charge >= 0.3 is 0 Å². The smallest absolute Gasteiger partial charge is 0.141 e. The highest BCUT2D eigenvalue weighted by molar-refractivity contribution is 6.19. The molecular weight excluding hydrogens is 502 g/mol. The molecule has 0 saturated carbocycles. The van der Waals surface area contributed by atoms with Crippen molar-refractivity contribution >= 4 is 55.5 Å². The van der Waals surface area contributed by atoms with Gasteiger partial charge in [-0.3, -0.25) is 0 Å². The van der Waals surface area contributed by atoms with Crippen LogP contribution in [0.3, 0.4) is 0 Å². The van der Waals surface area contributed by atoms with Crippen LogP contribution in [0.25, 0.3) is 61.2 Å². The number of rotatable bonds is 3. The second kappa shape index (κ2) is 8.70. The van der Waals surface area contributed by atoms with E-state index < -0.39 is 0 Å². The molecule has 7 aromatic rings. The van der Waals surface area contributed by atoms with Crippen molar-refractivity contribution in [3.63, 3.8) is 0 Å². The highest BCUT2D eigenvalue weighted by atomic mass is 16.3. The van der Waals surface area contributed by atoms with E-state index in [1.54, 1.807) is 0 Å². The molecule has 0 amide bonds. The number of hydrogen-bond donors (Lipinski definition) is 0. The minimum atomic E-state index is 0.252. The fourth-order valence-corrected chi connectivity index (χ4v) is 7.00. The number of aromatic nitrogens is 2. The molecule has 2 atom stereocenters. The Hall–Kier alpha value is -5.09. The zero-order valence-corrected chi connectivity index (χ0v) is 22.4. The summed E-state index contributed by atoms with van der Waals surface area (Å²) in [4.78, 5) is 7.52. The number of allylic oxidation sites excluding steroid dienone is 1. The summed E-state index contributed by atoms with van der Waals surface area (Å²) in [6.45, 7) is 0. The zero-order chi connectivity index (χ0) is 26.9. The molecule has 0 bridgehead atoms. The van der Waals surface area contributed by atoms with Gasteiger partial charge < -0.3 is 13.9 Å². The van der Waals surface area contributed by atoms with Crippen molar-refractivity contribution in [2.24, 2.45) is 0 Å². The van der Waals surface area contributed by atoms with Gasteiger partial charge in [0.25, 0.3) is 0 Å². The number of benzene rings is 5. The first-order valence-corrected chi connectivity index (χ1v) is 14.4. The largest absolute Gasteiger partial charge is 0.456 e. The highest BCUT2D eigenvalue weighted by Crippen LogP contribution is 2.44. The van der Waals surface area contributed by atoms with E-state index in [0.717, 1.165) is 40.9 Å². The summed E-state index contributed by atoms with van der Waals surface area (Å²) < 4.78 is 8.69. The normalized spacial score (nSPS) is 18.3. The van der Waals surface area contributed by atoms with Crippen molar-refractivity contribution in [1.82, 2.24) is 9.55 Å². The van der Waals surface area contributed by atoms with E-state index in [0.29, 0.717) is 0 Å². The van der Waals surface area contributed by atoms with Crippen LogP contribution in [0, 0.1) is 0 Å². The van der Waals surface area contributed by atoms with Crippen LogP contribution in [0.2, 0.25) is 0 Å². The molecule has 196 valence electrons. The van der Waals surface area contributed by atoms with E-state index in [9.17, 15) is 0 Å². The third-order valence-electron chi connectivity index (χ3n) is 8.83. The number of imidazole rings is 1. The highest BCUT2D eigenvalue weighted by Gasteiger charge is 2.28. The quantitative estimate of drug-likeness (QED) is 0.214. The Morgan fingerprint density at radius 3 is 2.41 bits per heavy atom. The standard InChI is InChI=1S/C37H27N3O/c1-2-9-24(10-3-1)37-38-30-13-5-6-14-31(30)40(37)27-19-17-26(18-20-27)39-22-21-29-35-25(11-8-15-32(35)39)23-34-36(29)28-12-4-7-16-33(28)41-34/h1-17,19,21-23,26-27H,18,20H2. The number of fused-ring (bicyclic) bond motifs is 5. The van der Waals surface area contributed by atoms with Gasteiger partial charge in [-0.05, 0) is 60.2 Å². The lowest BCUT2D eigenvalue weighted by atomic mass is 9.92. The van der Waals surface area contributed by atoms with Crippen molar-refractivity contribution in [2.45, 2.75) is 24.9 Å². The van der Waals surface area contributed by atoms with Crippen LogP contribution < -0.4 is 4.90 Å². The summed E-state index contributed by atoms with van der Waals surface area (Å²) in [5, 5.41) is 4.90. The van der Waals surface area contributed by atoms with Crippen LogP contribution in [0.4, 0.5) is 5.69 Å². The predicted octanol–water partition coefficient (Wildman–Crippen LogP) is 9.51. The first kappa shape index (κ1) is 22.7. The van der Waals surface area contributed by atoms with E-state index in [1.165, 1.54) is 38.3 Å². The van der Waals surface area contributed by atoms with Crippen LogP contribution >= 0.6 is 0 Å². The molecule has 41 heavy (non-hydrogen) atoms. The van der Waals surface area contributed by atoms with Crippen LogP contribution in [-0.2, 0) is 0 Å². The Morgan fingerprint density at radius 1 is 0.707 bits per heavy atom. The minimum absolute atomic E-state index is 0.252. The second-order valence-corrected chi connectivity index (χ2v) is 11.1. The van der Waals surface area contributed by atoms with Gasteiger partial charge in [0.1, 0.15) is 17.0 Å². The lowest BCUT2D eigenvalue weighted by Gasteiger charge is -2.36. The number of furan rings is 1. The zero-order valence-electron chi connectivity index (χ0n) is 22.4. The van der Waals surface area contributed by atoms with E-state index >= 15 is 0 Å². The maximum atomic E-state index is 6.26. The lowest BCUT2D eigenvalue weighted by molar-refractivity contribution is 0.499. The number of hydrogen-bond acceptors (Lipinski definition) is 3. The van der Waals surface area contributed by atoms with E-state index in [4.69, 9.17) is 9.40 Å². The molecule has 2 aromatic heterocycles. The fraction of sp³-hybridized carbons (Fsp3) is 0.108. The Labute approximate surface area is 237 Å². The van der Waals surface area contributed by atoms with Gasteiger partial charge in [-0.25, -0.2) is 4.98 Å². The third kappa shape index (κ3) is 3.37. The molecule has 0 spiro atoms. The SMILES string of the molecule is C1=CN(C2C=CC(n3c(-c4ccccc4)nc4ccccc43)CC2)c2cccc3cc4oc5ccccc5c4c1c23. The summed E-state index contributed by atoms with van der Waals surface area (Å²) in [7, 11) is 0. The average Bonchev–Trinajstić information content (AvgIpc) is 3.61. The van der Waals surface area contributed by atoms with E-state index in [-0.39, 0.29) is 12.1 Å². The maximum absolute atomic E-state index is 6.26. The van der Waals surface area contributed by atoms with Gasteiger partial charge in [0.2, 0.25) is 0 Å². The van der Waals surface area contributed by atoms with Gasteiger partial charge in [0.15, 0.2) is 0 Å². The molecule has 1 aliphatic heterocycles. The molecule has 2 unspecified atom stereocenters. The average molecular weight is 530 g/mol. The van der Waals surface area contributed by atoms with Crippen molar-refractivity contribution < 1.29 is 4.42 Å². The molecule has 0 saturated heterocycles. The molecule has 3 heterocycles. The van der Waals surface area contributed by atoms with Gasteiger partial charge in [-0.15, -0.1) is 0 Å². The number of nitrogens with zero attached hydrogens (tertiary/aromatic N) is 3. The molecule has 1 aliphatic carbocycles. The van der Waals surface area contributed by atoms with Crippen LogP contribution in [0.15, 0.2) is 126 Å². The Kier molecular flexibility index (Phi) is 4.82. The van der Waals surface area contributed by atoms with Crippen molar-refractivity contribution in [3.05, 3.63) is 127 Å². The first-order chi connectivity index (χ1) is 20.3. The van der Waals surface area contributed by atoms with Crippen LogP contribution in [-0.4, -0.2) is 15.6 Å².